The lowest BCUT2D eigenvalue weighted by molar-refractivity contribution is -0.137. The van der Waals surface area contributed by atoms with Gasteiger partial charge in [-0.1, -0.05) is 46.2 Å². The van der Waals surface area contributed by atoms with Gasteiger partial charge in [-0.15, -0.1) is 0 Å². The predicted octanol–water partition coefficient (Wildman–Crippen LogP) is 3.08. The molecule has 0 bridgehead atoms. The molecule has 1 N–H and O–H groups in total. The maximum absolute atomic E-state index is 10.6. The highest BCUT2D eigenvalue weighted by molar-refractivity contribution is 9.10. The van der Waals surface area contributed by atoms with E-state index in [9.17, 15) is 4.79 Å². The second-order valence-corrected chi connectivity index (χ2v) is 5.63. The van der Waals surface area contributed by atoms with Gasteiger partial charge < -0.3 is 9.63 Å². The summed E-state index contributed by atoms with van der Waals surface area (Å²) < 4.78 is 6.16. The van der Waals surface area contributed by atoms with Crippen LogP contribution in [0.15, 0.2) is 33.3 Å². The highest BCUT2D eigenvalue weighted by atomic mass is 79.9. The standard InChI is InChI=1S/C14H15BrN2O3/c1-9(7-14(18)19)6-13-16-12(17-20-13)8-10-4-2-3-5-11(10)15/h2-5,9H,6-8H2,1H3,(H,18,19). The largest absolute Gasteiger partial charge is 0.481 e. The Morgan fingerprint density at radius 3 is 2.90 bits per heavy atom. The Morgan fingerprint density at radius 1 is 1.45 bits per heavy atom. The maximum atomic E-state index is 10.6. The maximum Gasteiger partial charge on any atom is 0.303 e. The van der Waals surface area contributed by atoms with Crippen LogP contribution in [0, 0.1) is 5.92 Å². The summed E-state index contributed by atoms with van der Waals surface area (Å²) >= 11 is 3.48. The summed E-state index contributed by atoms with van der Waals surface area (Å²) in [6.07, 6.45) is 1.16. The first-order valence-electron chi connectivity index (χ1n) is 6.31. The molecule has 0 aliphatic heterocycles. The van der Waals surface area contributed by atoms with Crippen molar-refractivity contribution in [1.29, 1.82) is 0 Å². The smallest absolute Gasteiger partial charge is 0.303 e. The Hall–Kier alpha value is -1.69. The van der Waals surface area contributed by atoms with Gasteiger partial charge in [0.05, 0.1) is 0 Å². The number of benzene rings is 1. The molecule has 0 saturated carbocycles. The summed E-state index contributed by atoms with van der Waals surface area (Å²) in [5, 5.41) is 12.7. The molecule has 20 heavy (non-hydrogen) atoms. The molecule has 1 aromatic heterocycles. The summed E-state index contributed by atoms with van der Waals surface area (Å²) in [7, 11) is 0. The first-order chi connectivity index (χ1) is 9.54. The molecule has 1 heterocycles. The second kappa shape index (κ2) is 6.65. The molecule has 6 heteroatoms. The second-order valence-electron chi connectivity index (χ2n) is 4.78. The topological polar surface area (TPSA) is 76.2 Å². The average molecular weight is 339 g/mol. The van der Waals surface area contributed by atoms with Crippen molar-refractivity contribution in [2.45, 2.75) is 26.2 Å². The van der Waals surface area contributed by atoms with E-state index >= 15 is 0 Å². The highest BCUT2D eigenvalue weighted by Gasteiger charge is 2.14. The lowest BCUT2D eigenvalue weighted by atomic mass is 10.0. The monoisotopic (exact) mass is 338 g/mol. The summed E-state index contributed by atoms with van der Waals surface area (Å²) in [5.74, 6) is 0.255. The van der Waals surface area contributed by atoms with Crippen molar-refractivity contribution in [3.63, 3.8) is 0 Å². The zero-order valence-corrected chi connectivity index (χ0v) is 12.6. The molecule has 0 saturated heterocycles. The van der Waals surface area contributed by atoms with Crippen molar-refractivity contribution in [2.75, 3.05) is 0 Å². The number of nitrogens with zero attached hydrogens (tertiary/aromatic N) is 2. The van der Waals surface area contributed by atoms with Gasteiger partial charge in [-0.25, -0.2) is 0 Å². The molecular weight excluding hydrogens is 324 g/mol. The van der Waals surface area contributed by atoms with E-state index in [4.69, 9.17) is 9.63 Å². The van der Waals surface area contributed by atoms with Crippen LogP contribution < -0.4 is 0 Å². The van der Waals surface area contributed by atoms with Crippen LogP contribution in [0.1, 0.15) is 30.6 Å². The van der Waals surface area contributed by atoms with Crippen molar-refractivity contribution >= 4 is 21.9 Å². The fraction of sp³-hybridized carbons (Fsp3) is 0.357. The first kappa shape index (κ1) is 14.7. The third-order valence-corrected chi connectivity index (χ3v) is 3.64. The van der Waals surface area contributed by atoms with E-state index in [1.165, 1.54) is 0 Å². The Labute approximate surface area is 125 Å². The van der Waals surface area contributed by atoms with Gasteiger partial charge in [0, 0.05) is 23.7 Å². The number of rotatable bonds is 6. The fourth-order valence-corrected chi connectivity index (χ4v) is 2.35. The molecule has 2 rings (SSSR count). The molecule has 1 aromatic carbocycles. The van der Waals surface area contributed by atoms with E-state index in [-0.39, 0.29) is 12.3 Å². The van der Waals surface area contributed by atoms with Gasteiger partial charge in [0.25, 0.3) is 0 Å². The Bertz CT molecular complexity index is 598. The predicted molar refractivity (Wildman–Crippen MR) is 76.4 cm³/mol. The highest BCUT2D eigenvalue weighted by Crippen LogP contribution is 2.19. The van der Waals surface area contributed by atoms with Gasteiger partial charge >= 0.3 is 5.97 Å². The number of carbonyl (C=O) groups is 1. The van der Waals surface area contributed by atoms with Crippen LogP contribution in [0.5, 0.6) is 0 Å². The van der Waals surface area contributed by atoms with Crippen molar-refractivity contribution in [3.05, 3.63) is 46.0 Å². The molecular formula is C14H15BrN2O3. The van der Waals surface area contributed by atoms with Gasteiger partial charge in [-0.05, 0) is 17.5 Å². The lowest BCUT2D eigenvalue weighted by Crippen LogP contribution is -2.07. The Balaban J connectivity index is 1.99. The van der Waals surface area contributed by atoms with Crippen LogP contribution in [0.4, 0.5) is 0 Å². The first-order valence-corrected chi connectivity index (χ1v) is 7.10. The summed E-state index contributed by atoms with van der Waals surface area (Å²) in [4.78, 5) is 14.9. The number of aliphatic carboxylic acids is 1. The lowest BCUT2D eigenvalue weighted by Gasteiger charge is -2.03. The molecule has 0 aliphatic carbocycles. The molecule has 0 fully saturated rings. The molecule has 0 amide bonds. The molecule has 2 aromatic rings. The molecule has 1 unspecified atom stereocenters. The number of halogens is 1. The van der Waals surface area contributed by atoms with E-state index in [0.717, 1.165) is 10.0 Å². The molecule has 0 radical (unpaired) electrons. The summed E-state index contributed by atoms with van der Waals surface area (Å²) in [6, 6.07) is 7.86. The van der Waals surface area contributed by atoms with Gasteiger partial charge in [0.15, 0.2) is 5.82 Å². The van der Waals surface area contributed by atoms with Gasteiger partial charge in [0.1, 0.15) is 0 Å². The van der Waals surface area contributed by atoms with Crippen molar-refractivity contribution in [3.8, 4) is 0 Å². The van der Waals surface area contributed by atoms with Crippen LogP contribution in [0.25, 0.3) is 0 Å². The number of aromatic nitrogens is 2. The van der Waals surface area contributed by atoms with E-state index in [1.807, 2.05) is 31.2 Å². The quantitative estimate of drug-likeness (QED) is 0.875. The molecule has 0 aliphatic rings. The fourth-order valence-electron chi connectivity index (χ4n) is 1.93. The zero-order valence-electron chi connectivity index (χ0n) is 11.0. The van der Waals surface area contributed by atoms with E-state index in [1.54, 1.807) is 0 Å². The molecule has 106 valence electrons. The van der Waals surface area contributed by atoms with Crippen LogP contribution in [-0.2, 0) is 17.6 Å². The van der Waals surface area contributed by atoms with Gasteiger partial charge in [-0.3, -0.25) is 4.79 Å². The zero-order chi connectivity index (χ0) is 14.5. The van der Waals surface area contributed by atoms with Gasteiger partial charge in [0.2, 0.25) is 5.89 Å². The van der Waals surface area contributed by atoms with Crippen LogP contribution in [-0.4, -0.2) is 21.2 Å². The third-order valence-electron chi connectivity index (χ3n) is 2.86. The minimum atomic E-state index is -0.814. The SMILES string of the molecule is CC(CC(=O)O)Cc1nc(Cc2ccccc2Br)no1. The number of carboxylic acid groups (broad SMARTS) is 1. The average Bonchev–Trinajstić information content (AvgIpc) is 2.78. The van der Waals surface area contributed by atoms with Crippen LogP contribution >= 0.6 is 15.9 Å². The number of hydrogen-bond acceptors (Lipinski definition) is 4. The van der Waals surface area contributed by atoms with Gasteiger partial charge in [-0.2, -0.15) is 4.98 Å². The summed E-state index contributed by atoms with van der Waals surface area (Å²) in [5.41, 5.74) is 1.08. The van der Waals surface area contributed by atoms with E-state index in [2.05, 4.69) is 26.1 Å². The minimum Gasteiger partial charge on any atom is -0.481 e. The number of carboxylic acids is 1. The van der Waals surface area contributed by atoms with Crippen LogP contribution in [0.2, 0.25) is 0 Å². The minimum absolute atomic E-state index is 0.0238. The third kappa shape index (κ3) is 4.16. The normalized spacial score (nSPS) is 12.3. The Kier molecular flexibility index (Phi) is 4.89. The van der Waals surface area contributed by atoms with Crippen molar-refractivity contribution < 1.29 is 14.4 Å². The Morgan fingerprint density at radius 2 is 2.20 bits per heavy atom. The van der Waals surface area contributed by atoms with Crippen molar-refractivity contribution in [1.82, 2.24) is 10.1 Å². The van der Waals surface area contributed by atoms with Crippen molar-refractivity contribution in [2.24, 2.45) is 5.92 Å². The number of hydrogen-bond donors (Lipinski definition) is 1. The van der Waals surface area contributed by atoms with E-state index < -0.39 is 5.97 Å². The summed E-state index contributed by atoms with van der Waals surface area (Å²) in [6.45, 7) is 1.85. The molecule has 0 spiro atoms. The van der Waals surface area contributed by atoms with Crippen LogP contribution in [0.3, 0.4) is 0 Å². The van der Waals surface area contributed by atoms with E-state index in [0.29, 0.717) is 24.6 Å². The molecule has 5 nitrogen and oxygen atoms in total. The molecule has 1 atom stereocenters.